The van der Waals surface area contributed by atoms with Gasteiger partial charge < -0.3 is 11.1 Å². The zero-order chi connectivity index (χ0) is 12.3. The zero-order valence-corrected chi connectivity index (χ0v) is 10.3. The lowest BCUT2D eigenvalue weighted by atomic mass is 10.2. The molecule has 0 aliphatic carbocycles. The highest BCUT2D eigenvalue weighted by atomic mass is 35.5. The van der Waals surface area contributed by atoms with Gasteiger partial charge >= 0.3 is 0 Å². The minimum atomic E-state index is 0. The molecule has 1 heterocycles. The molecule has 96 valence electrons. The number of pyridine rings is 1. The Hall–Kier alpha value is -1.58. The van der Waals surface area contributed by atoms with Gasteiger partial charge in [0.05, 0.1) is 0 Å². The lowest BCUT2D eigenvalue weighted by Crippen LogP contribution is -1.99. The van der Waals surface area contributed by atoms with E-state index in [4.69, 9.17) is 17.3 Å². The van der Waals surface area contributed by atoms with Gasteiger partial charge in [0, 0.05) is 23.5 Å². The Bertz CT molecular complexity index is 526. The summed E-state index contributed by atoms with van der Waals surface area (Å²) in [6.45, 7) is 2.45. The van der Waals surface area contributed by atoms with E-state index in [1.807, 2.05) is 37.3 Å². The monoisotopic (exact) mass is 263 g/mol. The first kappa shape index (κ1) is 14.5. The Morgan fingerprint density at radius 2 is 2.06 bits per heavy atom. The molecule has 18 heavy (non-hydrogen) atoms. The average molecular weight is 264 g/mol. The second kappa shape index (κ2) is 6.38. The van der Waals surface area contributed by atoms with Gasteiger partial charge in [0.15, 0.2) is 0 Å². The molecule has 0 aliphatic heterocycles. The summed E-state index contributed by atoms with van der Waals surface area (Å²) in [5, 5.41) is 3.91. The quantitative estimate of drug-likeness (QED) is 0.884. The van der Waals surface area contributed by atoms with Crippen molar-refractivity contribution in [2.75, 3.05) is 5.32 Å². The number of anilines is 2. The predicted molar refractivity (Wildman–Crippen MR) is 78.3 cm³/mol. The number of aryl methyl sites for hydroxylation is 1. The summed E-state index contributed by atoms with van der Waals surface area (Å²) in [7, 11) is 0. The minimum absolute atomic E-state index is 0. The maximum atomic E-state index is 6.00. The first-order valence-electron chi connectivity index (χ1n) is 5.37. The van der Waals surface area contributed by atoms with Crippen LogP contribution in [0.5, 0.6) is 0 Å². The molecule has 1 aromatic carbocycles. The molecule has 0 spiro atoms. The number of nitrogens with one attached hydrogen (secondary N) is 1. The molecule has 0 saturated heterocycles. The molecule has 0 radical (unpaired) electrons. The maximum absolute atomic E-state index is 6.00. The van der Waals surface area contributed by atoms with Crippen LogP contribution in [0, 0.1) is 6.92 Å². The molecular weight excluding hydrogens is 246 g/mol. The van der Waals surface area contributed by atoms with Crippen molar-refractivity contribution in [3.8, 4) is 0 Å². The highest BCUT2D eigenvalue weighted by Crippen LogP contribution is 2.22. The highest BCUT2D eigenvalue weighted by Gasteiger charge is 2.01. The summed E-state index contributed by atoms with van der Waals surface area (Å²) in [6.07, 6.45) is 1.78. The van der Waals surface area contributed by atoms with Crippen molar-refractivity contribution < 1.29 is 0 Å². The summed E-state index contributed by atoms with van der Waals surface area (Å²) < 4.78 is 0. The number of halogens is 1. The van der Waals surface area contributed by atoms with Gasteiger partial charge in [-0.2, -0.15) is 0 Å². The van der Waals surface area contributed by atoms with E-state index >= 15 is 0 Å². The SMILES string of the molecule is C.Cc1ccnc(Nc2ccc(Cl)c(CN)c2)c1. The predicted octanol–water partition coefficient (Wildman–Crippen LogP) is 3.88. The largest absolute Gasteiger partial charge is 0.340 e. The van der Waals surface area contributed by atoms with Crippen LogP contribution in [0.4, 0.5) is 11.5 Å². The van der Waals surface area contributed by atoms with Crippen molar-refractivity contribution in [2.24, 2.45) is 5.73 Å². The molecule has 1 aromatic heterocycles. The molecule has 2 rings (SSSR count). The molecule has 4 heteroatoms. The zero-order valence-electron chi connectivity index (χ0n) is 9.57. The van der Waals surface area contributed by atoms with Crippen LogP contribution in [-0.2, 0) is 6.54 Å². The van der Waals surface area contributed by atoms with Crippen molar-refractivity contribution >= 4 is 23.1 Å². The third-order valence-corrected chi connectivity index (χ3v) is 2.82. The second-order valence-corrected chi connectivity index (χ2v) is 4.26. The van der Waals surface area contributed by atoms with Crippen molar-refractivity contribution in [3.05, 3.63) is 52.7 Å². The summed E-state index contributed by atoms with van der Waals surface area (Å²) in [6, 6.07) is 9.62. The summed E-state index contributed by atoms with van der Waals surface area (Å²) >= 11 is 6.00. The molecule has 0 aliphatic rings. The number of nitrogens with zero attached hydrogens (tertiary/aromatic N) is 1. The third kappa shape index (κ3) is 3.45. The molecule has 3 N–H and O–H groups in total. The normalized spacial score (nSPS) is 9.72. The van der Waals surface area contributed by atoms with Gasteiger partial charge in [-0.3, -0.25) is 0 Å². The molecule has 2 aromatic rings. The van der Waals surface area contributed by atoms with Gasteiger partial charge in [-0.15, -0.1) is 0 Å². The minimum Gasteiger partial charge on any atom is -0.340 e. The standard InChI is InChI=1S/C13H14ClN3.CH4/c1-9-4-5-16-13(6-9)17-11-2-3-12(14)10(7-11)8-15;/h2-7H,8,15H2,1H3,(H,16,17);1H4. The van der Waals surface area contributed by atoms with Crippen LogP contribution < -0.4 is 11.1 Å². The number of hydrogen-bond acceptors (Lipinski definition) is 3. The first-order valence-corrected chi connectivity index (χ1v) is 5.75. The van der Waals surface area contributed by atoms with Gasteiger partial charge in [-0.05, 0) is 48.4 Å². The molecular formula is C14H18ClN3. The van der Waals surface area contributed by atoms with Crippen molar-refractivity contribution in [2.45, 2.75) is 20.9 Å². The van der Waals surface area contributed by atoms with Gasteiger partial charge in [-0.25, -0.2) is 4.98 Å². The Morgan fingerprint density at radius 1 is 1.28 bits per heavy atom. The fourth-order valence-electron chi connectivity index (χ4n) is 1.56. The fourth-order valence-corrected chi connectivity index (χ4v) is 1.76. The van der Waals surface area contributed by atoms with Gasteiger partial charge in [0.25, 0.3) is 0 Å². The van der Waals surface area contributed by atoms with Gasteiger partial charge in [0.2, 0.25) is 0 Å². The summed E-state index contributed by atoms with van der Waals surface area (Å²) in [5.41, 5.74) is 8.63. The molecule has 0 unspecified atom stereocenters. The molecule has 0 bridgehead atoms. The van der Waals surface area contributed by atoms with Crippen LogP contribution in [0.25, 0.3) is 0 Å². The van der Waals surface area contributed by atoms with Crippen LogP contribution in [0.2, 0.25) is 5.02 Å². The molecule has 0 saturated carbocycles. The number of benzene rings is 1. The van der Waals surface area contributed by atoms with Crippen LogP contribution >= 0.6 is 11.6 Å². The average Bonchev–Trinajstić information content (AvgIpc) is 2.32. The van der Waals surface area contributed by atoms with E-state index < -0.39 is 0 Å². The smallest absolute Gasteiger partial charge is 0.130 e. The van der Waals surface area contributed by atoms with E-state index in [2.05, 4.69) is 10.3 Å². The molecule has 0 amide bonds. The summed E-state index contributed by atoms with van der Waals surface area (Å²) in [4.78, 5) is 4.24. The van der Waals surface area contributed by atoms with Crippen molar-refractivity contribution in [3.63, 3.8) is 0 Å². The fraction of sp³-hybridized carbons (Fsp3) is 0.214. The van der Waals surface area contributed by atoms with Crippen molar-refractivity contribution in [1.29, 1.82) is 0 Å². The Morgan fingerprint density at radius 3 is 2.72 bits per heavy atom. The number of hydrogen-bond donors (Lipinski definition) is 2. The summed E-state index contributed by atoms with van der Waals surface area (Å²) in [5.74, 6) is 0.815. The van der Waals surface area contributed by atoms with E-state index in [0.29, 0.717) is 11.6 Å². The maximum Gasteiger partial charge on any atom is 0.130 e. The molecule has 0 atom stereocenters. The lowest BCUT2D eigenvalue weighted by molar-refractivity contribution is 1.07. The Balaban J connectivity index is 0.00000162. The number of nitrogens with two attached hydrogens (primary N) is 1. The molecule has 3 nitrogen and oxygen atoms in total. The second-order valence-electron chi connectivity index (χ2n) is 3.85. The Kier molecular flexibility index (Phi) is 5.13. The van der Waals surface area contributed by atoms with E-state index in [-0.39, 0.29) is 7.43 Å². The van der Waals surface area contributed by atoms with Crippen LogP contribution in [-0.4, -0.2) is 4.98 Å². The van der Waals surface area contributed by atoms with E-state index in [1.54, 1.807) is 6.20 Å². The first-order chi connectivity index (χ1) is 8.19. The van der Waals surface area contributed by atoms with E-state index in [9.17, 15) is 0 Å². The third-order valence-electron chi connectivity index (χ3n) is 2.45. The lowest BCUT2D eigenvalue weighted by Gasteiger charge is -2.08. The topological polar surface area (TPSA) is 50.9 Å². The van der Waals surface area contributed by atoms with Crippen LogP contribution in [0.1, 0.15) is 18.6 Å². The highest BCUT2D eigenvalue weighted by molar-refractivity contribution is 6.31. The van der Waals surface area contributed by atoms with Crippen molar-refractivity contribution in [1.82, 2.24) is 4.98 Å². The molecule has 0 fully saturated rings. The number of aromatic nitrogens is 1. The van der Waals surface area contributed by atoms with E-state index in [1.165, 1.54) is 0 Å². The van der Waals surface area contributed by atoms with Crippen LogP contribution in [0.3, 0.4) is 0 Å². The Labute approximate surface area is 113 Å². The number of rotatable bonds is 3. The van der Waals surface area contributed by atoms with Gasteiger partial charge in [-0.1, -0.05) is 19.0 Å². The van der Waals surface area contributed by atoms with E-state index in [0.717, 1.165) is 22.6 Å². The van der Waals surface area contributed by atoms with Gasteiger partial charge in [0.1, 0.15) is 5.82 Å². The van der Waals surface area contributed by atoms with Crippen LogP contribution in [0.15, 0.2) is 36.5 Å².